The normalized spacial score (nSPS) is 11.9. The molecule has 0 spiro atoms. The van der Waals surface area contributed by atoms with E-state index >= 15 is 0 Å². The van der Waals surface area contributed by atoms with E-state index in [4.69, 9.17) is 16.3 Å². The highest BCUT2D eigenvalue weighted by molar-refractivity contribution is 7.89. The van der Waals surface area contributed by atoms with Crippen molar-refractivity contribution in [3.8, 4) is 5.75 Å². The standard InChI is InChI=1S/C18H18ClF3N2O4S/c1-12-5-6-15(16(9-12)28-11-18(20,21)22)24-17(25)7-8-23-29(26,27)14-4-2-3-13(19)10-14/h2-6,9-10,23H,7-8,11H2,1H3,(H,24,25). The lowest BCUT2D eigenvalue weighted by Crippen LogP contribution is -2.28. The van der Waals surface area contributed by atoms with Crippen molar-refractivity contribution in [2.24, 2.45) is 0 Å². The van der Waals surface area contributed by atoms with E-state index in [1.54, 1.807) is 13.0 Å². The van der Waals surface area contributed by atoms with Crippen LogP contribution in [0, 0.1) is 6.92 Å². The quantitative estimate of drug-likeness (QED) is 0.639. The number of rotatable bonds is 8. The van der Waals surface area contributed by atoms with Crippen LogP contribution in [0.25, 0.3) is 0 Å². The van der Waals surface area contributed by atoms with E-state index in [9.17, 15) is 26.4 Å². The Hall–Kier alpha value is -2.30. The van der Waals surface area contributed by atoms with Crippen LogP contribution in [0.5, 0.6) is 5.75 Å². The van der Waals surface area contributed by atoms with Crippen molar-refractivity contribution in [2.75, 3.05) is 18.5 Å². The molecular formula is C18H18ClF3N2O4S. The van der Waals surface area contributed by atoms with Crippen molar-refractivity contribution in [3.63, 3.8) is 0 Å². The van der Waals surface area contributed by atoms with Crippen molar-refractivity contribution in [1.82, 2.24) is 4.72 Å². The number of halogens is 4. The summed E-state index contributed by atoms with van der Waals surface area (Å²) in [7, 11) is -3.85. The Kier molecular flexibility index (Phi) is 7.50. The molecule has 0 aromatic heterocycles. The third-order valence-corrected chi connectivity index (χ3v) is 5.25. The Morgan fingerprint density at radius 1 is 1.17 bits per heavy atom. The van der Waals surface area contributed by atoms with Crippen LogP contribution >= 0.6 is 11.6 Å². The van der Waals surface area contributed by atoms with Crippen LogP contribution in [0.1, 0.15) is 12.0 Å². The van der Waals surface area contributed by atoms with Crippen LogP contribution in [0.2, 0.25) is 5.02 Å². The zero-order valence-electron chi connectivity index (χ0n) is 15.2. The predicted molar refractivity (Wildman–Crippen MR) is 103 cm³/mol. The lowest BCUT2D eigenvalue weighted by atomic mass is 10.2. The van der Waals surface area contributed by atoms with Gasteiger partial charge in [0.2, 0.25) is 15.9 Å². The SMILES string of the molecule is Cc1ccc(NC(=O)CCNS(=O)(=O)c2cccc(Cl)c2)c(OCC(F)(F)F)c1. The van der Waals surface area contributed by atoms with Gasteiger partial charge in [0.25, 0.3) is 0 Å². The average molecular weight is 451 g/mol. The molecule has 2 rings (SSSR count). The minimum absolute atomic E-state index is 0.0493. The van der Waals surface area contributed by atoms with Crippen LogP contribution in [0.4, 0.5) is 18.9 Å². The van der Waals surface area contributed by atoms with Gasteiger partial charge >= 0.3 is 6.18 Å². The molecule has 0 saturated carbocycles. The van der Waals surface area contributed by atoms with E-state index in [0.29, 0.717) is 5.56 Å². The molecule has 6 nitrogen and oxygen atoms in total. The van der Waals surface area contributed by atoms with Crippen molar-refractivity contribution < 1.29 is 31.1 Å². The fourth-order valence-corrected chi connectivity index (χ4v) is 3.57. The Morgan fingerprint density at radius 2 is 1.90 bits per heavy atom. The summed E-state index contributed by atoms with van der Waals surface area (Å²) < 4.78 is 68.5. The second-order valence-corrected chi connectivity index (χ2v) is 8.26. The van der Waals surface area contributed by atoms with E-state index in [0.717, 1.165) is 0 Å². The molecule has 0 aliphatic heterocycles. The lowest BCUT2D eigenvalue weighted by Gasteiger charge is -2.15. The second-order valence-electron chi connectivity index (χ2n) is 6.06. The Balaban J connectivity index is 1.95. The first kappa shape index (κ1) is 23.0. The molecule has 2 aromatic rings. The third-order valence-electron chi connectivity index (χ3n) is 3.55. The maximum Gasteiger partial charge on any atom is 0.422 e. The highest BCUT2D eigenvalue weighted by Gasteiger charge is 2.29. The highest BCUT2D eigenvalue weighted by Crippen LogP contribution is 2.28. The first-order valence-electron chi connectivity index (χ1n) is 8.31. The van der Waals surface area contributed by atoms with Gasteiger partial charge in [-0.2, -0.15) is 13.2 Å². The first-order chi connectivity index (χ1) is 13.5. The summed E-state index contributed by atoms with van der Waals surface area (Å²) in [4.78, 5) is 12.0. The number of aryl methyl sites for hydroxylation is 1. The molecule has 158 valence electrons. The van der Waals surface area contributed by atoms with E-state index < -0.39 is 28.7 Å². The number of amides is 1. The number of nitrogens with one attached hydrogen (secondary N) is 2. The van der Waals surface area contributed by atoms with E-state index in [1.165, 1.54) is 36.4 Å². The zero-order valence-corrected chi connectivity index (χ0v) is 16.8. The summed E-state index contributed by atoms with van der Waals surface area (Å²) in [5.74, 6) is -0.727. The van der Waals surface area contributed by atoms with Gasteiger partial charge in [-0.05, 0) is 42.8 Å². The summed E-state index contributed by atoms with van der Waals surface area (Å²) in [5.41, 5.74) is 0.706. The van der Waals surface area contributed by atoms with Gasteiger partial charge in [0.15, 0.2) is 6.61 Å². The number of carbonyl (C=O) groups excluding carboxylic acids is 1. The smallest absolute Gasteiger partial charge is 0.422 e. The molecule has 0 saturated heterocycles. The van der Waals surface area contributed by atoms with Crippen LogP contribution in [0.3, 0.4) is 0 Å². The molecule has 0 heterocycles. The Labute approximate surface area is 171 Å². The molecule has 0 aliphatic rings. The van der Waals surface area contributed by atoms with Gasteiger partial charge in [0, 0.05) is 18.0 Å². The number of alkyl halides is 3. The lowest BCUT2D eigenvalue weighted by molar-refractivity contribution is -0.153. The fraction of sp³-hybridized carbons (Fsp3) is 0.278. The first-order valence-corrected chi connectivity index (χ1v) is 10.2. The molecule has 0 aliphatic carbocycles. The second kappa shape index (κ2) is 9.47. The fourth-order valence-electron chi connectivity index (χ4n) is 2.24. The maximum atomic E-state index is 12.4. The number of benzene rings is 2. The molecule has 2 N–H and O–H groups in total. The van der Waals surface area contributed by atoms with Gasteiger partial charge in [0.05, 0.1) is 10.6 Å². The highest BCUT2D eigenvalue weighted by atomic mass is 35.5. The van der Waals surface area contributed by atoms with E-state index in [1.807, 2.05) is 0 Å². The Bertz CT molecular complexity index is 981. The van der Waals surface area contributed by atoms with Crippen molar-refractivity contribution >= 4 is 33.2 Å². The molecule has 0 bridgehead atoms. The number of hydrogen-bond donors (Lipinski definition) is 2. The van der Waals surface area contributed by atoms with Crippen LogP contribution in [-0.4, -0.2) is 33.7 Å². The summed E-state index contributed by atoms with van der Waals surface area (Å²) in [6, 6.07) is 9.99. The van der Waals surface area contributed by atoms with Crippen LogP contribution in [0.15, 0.2) is 47.4 Å². The monoisotopic (exact) mass is 450 g/mol. The minimum atomic E-state index is -4.52. The number of sulfonamides is 1. The number of ether oxygens (including phenoxy) is 1. The minimum Gasteiger partial charge on any atom is -0.482 e. The molecular weight excluding hydrogens is 433 g/mol. The third kappa shape index (κ3) is 7.56. The van der Waals surface area contributed by atoms with Crippen molar-refractivity contribution in [2.45, 2.75) is 24.4 Å². The molecule has 0 atom stereocenters. The molecule has 0 fully saturated rings. The number of hydrogen-bond acceptors (Lipinski definition) is 4. The molecule has 0 radical (unpaired) electrons. The molecule has 29 heavy (non-hydrogen) atoms. The Morgan fingerprint density at radius 3 is 2.55 bits per heavy atom. The summed E-state index contributed by atoms with van der Waals surface area (Å²) >= 11 is 5.77. The van der Waals surface area contributed by atoms with Crippen LogP contribution in [-0.2, 0) is 14.8 Å². The topological polar surface area (TPSA) is 84.5 Å². The van der Waals surface area contributed by atoms with E-state index in [2.05, 4.69) is 10.0 Å². The maximum absolute atomic E-state index is 12.4. The summed E-state index contributed by atoms with van der Waals surface area (Å²) in [6.07, 6.45) is -4.77. The number of anilines is 1. The van der Waals surface area contributed by atoms with Gasteiger partial charge in [-0.15, -0.1) is 0 Å². The van der Waals surface area contributed by atoms with Gasteiger partial charge < -0.3 is 10.1 Å². The zero-order chi connectivity index (χ0) is 21.7. The van der Waals surface area contributed by atoms with E-state index in [-0.39, 0.29) is 34.3 Å². The van der Waals surface area contributed by atoms with Gasteiger partial charge in [0.1, 0.15) is 5.75 Å². The predicted octanol–water partition coefficient (Wildman–Crippen LogP) is 3.90. The van der Waals surface area contributed by atoms with Gasteiger partial charge in [-0.1, -0.05) is 23.7 Å². The van der Waals surface area contributed by atoms with Crippen LogP contribution < -0.4 is 14.8 Å². The molecule has 11 heteroatoms. The van der Waals surface area contributed by atoms with Gasteiger partial charge in [-0.3, -0.25) is 4.79 Å². The number of carbonyl (C=O) groups is 1. The largest absolute Gasteiger partial charge is 0.482 e. The summed E-state index contributed by atoms with van der Waals surface area (Å²) in [5, 5.41) is 2.67. The molecule has 1 amide bonds. The average Bonchev–Trinajstić information content (AvgIpc) is 2.61. The van der Waals surface area contributed by atoms with Crippen molar-refractivity contribution in [1.29, 1.82) is 0 Å². The van der Waals surface area contributed by atoms with Gasteiger partial charge in [-0.25, -0.2) is 13.1 Å². The van der Waals surface area contributed by atoms with Crippen molar-refractivity contribution in [3.05, 3.63) is 53.1 Å². The summed E-state index contributed by atoms with van der Waals surface area (Å²) in [6.45, 7) is -0.0549. The molecule has 0 unspecified atom stereocenters. The molecule has 2 aromatic carbocycles.